The normalized spacial score (nSPS) is 11.4. The number of nitrogens with zero attached hydrogens (tertiary/aromatic N) is 4. The number of aromatic nitrogens is 4. The monoisotopic (exact) mass is 460 g/mol. The van der Waals surface area contributed by atoms with Gasteiger partial charge in [-0.15, -0.1) is 0 Å². The standard InChI is InChI=1S/C22H25ClN4O5/c1-4-31-19(28)22(20(29)32-5-2,15-10-7-6-8-11-15)12-9-13-27-14-16-17(26-27)18(30-3)25-21(23)24-16/h6-8,10-11,14H,4-5,9,12-13H2,1-3H3. The first kappa shape index (κ1) is 23.5. The quantitative estimate of drug-likeness (QED) is 0.257. The minimum Gasteiger partial charge on any atom is -0.479 e. The number of carbonyl (C=O) groups is 2. The number of hydrogen-bond acceptors (Lipinski definition) is 8. The highest BCUT2D eigenvalue weighted by atomic mass is 35.5. The number of aryl methyl sites for hydroxylation is 1. The second-order valence-electron chi connectivity index (χ2n) is 6.94. The van der Waals surface area contributed by atoms with Crippen LogP contribution >= 0.6 is 11.6 Å². The molecule has 2 heterocycles. The molecule has 0 aliphatic heterocycles. The van der Waals surface area contributed by atoms with Crippen LogP contribution in [0.5, 0.6) is 5.88 Å². The van der Waals surface area contributed by atoms with E-state index in [4.69, 9.17) is 25.8 Å². The van der Waals surface area contributed by atoms with E-state index in [2.05, 4.69) is 15.1 Å². The van der Waals surface area contributed by atoms with Crippen molar-refractivity contribution in [3.8, 4) is 5.88 Å². The Hall–Kier alpha value is -3.20. The Morgan fingerprint density at radius 2 is 1.72 bits per heavy atom. The largest absolute Gasteiger partial charge is 0.479 e. The first-order chi connectivity index (χ1) is 15.5. The molecule has 10 heteroatoms. The SMILES string of the molecule is CCOC(=O)C(CCCn1cc2nc(Cl)nc(OC)c2n1)(C(=O)OCC)c1ccccc1. The molecule has 170 valence electrons. The number of hydrogen-bond donors (Lipinski definition) is 0. The van der Waals surface area contributed by atoms with E-state index < -0.39 is 17.4 Å². The van der Waals surface area contributed by atoms with Gasteiger partial charge in [0.25, 0.3) is 0 Å². The molecule has 0 saturated heterocycles. The molecule has 0 fully saturated rings. The van der Waals surface area contributed by atoms with Crippen molar-refractivity contribution in [1.82, 2.24) is 19.7 Å². The average Bonchev–Trinajstić information content (AvgIpc) is 3.19. The van der Waals surface area contributed by atoms with E-state index in [1.54, 1.807) is 49.0 Å². The molecule has 0 saturated carbocycles. The van der Waals surface area contributed by atoms with Crippen molar-refractivity contribution >= 4 is 34.6 Å². The van der Waals surface area contributed by atoms with E-state index in [0.29, 0.717) is 29.6 Å². The van der Waals surface area contributed by atoms with Crippen molar-refractivity contribution in [2.45, 2.75) is 38.6 Å². The molecule has 2 aromatic heterocycles. The zero-order valence-electron chi connectivity index (χ0n) is 18.2. The van der Waals surface area contributed by atoms with Crippen LogP contribution in [-0.4, -0.2) is 52.0 Å². The summed E-state index contributed by atoms with van der Waals surface area (Å²) in [6, 6.07) is 8.84. The highest BCUT2D eigenvalue weighted by molar-refractivity contribution is 6.28. The molecule has 0 unspecified atom stereocenters. The smallest absolute Gasteiger partial charge is 0.328 e. The number of fused-ring (bicyclic) bond motifs is 1. The molecule has 0 N–H and O–H groups in total. The first-order valence-electron chi connectivity index (χ1n) is 10.3. The lowest BCUT2D eigenvalue weighted by molar-refractivity contribution is -0.165. The van der Waals surface area contributed by atoms with Crippen LogP contribution < -0.4 is 4.74 Å². The molecule has 1 aromatic carbocycles. The lowest BCUT2D eigenvalue weighted by Crippen LogP contribution is -2.46. The van der Waals surface area contributed by atoms with Gasteiger partial charge in [-0.3, -0.25) is 14.3 Å². The van der Waals surface area contributed by atoms with E-state index in [9.17, 15) is 9.59 Å². The Kier molecular flexibility index (Phi) is 7.63. The second kappa shape index (κ2) is 10.4. The summed E-state index contributed by atoms with van der Waals surface area (Å²) in [5, 5.41) is 4.51. The maximum absolute atomic E-state index is 13.1. The maximum atomic E-state index is 13.1. The third kappa shape index (κ3) is 4.67. The highest BCUT2D eigenvalue weighted by Crippen LogP contribution is 2.33. The average molecular weight is 461 g/mol. The Balaban J connectivity index is 1.90. The summed E-state index contributed by atoms with van der Waals surface area (Å²) < 4.78 is 17.5. The number of ether oxygens (including phenoxy) is 3. The van der Waals surface area contributed by atoms with Gasteiger partial charge >= 0.3 is 11.9 Å². The Morgan fingerprint density at radius 1 is 1.06 bits per heavy atom. The van der Waals surface area contributed by atoms with Crippen LogP contribution in [0.4, 0.5) is 0 Å². The Bertz CT molecular complexity index is 1070. The zero-order valence-corrected chi connectivity index (χ0v) is 19.0. The fourth-order valence-electron chi connectivity index (χ4n) is 3.57. The van der Waals surface area contributed by atoms with Gasteiger partial charge in [0, 0.05) is 6.54 Å². The lowest BCUT2D eigenvalue weighted by Gasteiger charge is -2.29. The number of methoxy groups -OCH3 is 1. The van der Waals surface area contributed by atoms with Crippen LogP contribution in [0.3, 0.4) is 0 Å². The summed E-state index contributed by atoms with van der Waals surface area (Å²) >= 11 is 5.93. The lowest BCUT2D eigenvalue weighted by atomic mass is 9.76. The molecule has 3 rings (SSSR count). The van der Waals surface area contributed by atoms with Gasteiger partial charge in [-0.25, -0.2) is 4.98 Å². The van der Waals surface area contributed by atoms with Crippen LogP contribution in [-0.2, 0) is 31.0 Å². The molecule has 0 aliphatic carbocycles. The van der Waals surface area contributed by atoms with Crippen molar-refractivity contribution < 1.29 is 23.8 Å². The number of carbonyl (C=O) groups excluding carboxylic acids is 2. The zero-order chi connectivity index (χ0) is 23.1. The van der Waals surface area contributed by atoms with E-state index in [1.807, 2.05) is 6.07 Å². The predicted octanol–water partition coefficient (Wildman–Crippen LogP) is 3.33. The van der Waals surface area contributed by atoms with Crippen LogP contribution in [0.25, 0.3) is 11.0 Å². The highest BCUT2D eigenvalue weighted by Gasteiger charge is 2.50. The number of esters is 2. The van der Waals surface area contributed by atoms with Gasteiger partial charge in [0.1, 0.15) is 5.52 Å². The molecule has 0 spiro atoms. The number of benzene rings is 1. The van der Waals surface area contributed by atoms with Crippen molar-refractivity contribution in [3.05, 3.63) is 47.4 Å². The van der Waals surface area contributed by atoms with E-state index >= 15 is 0 Å². The van der Waals surface area contributed by atoms with Crippen LogP contribution in [0, 0.1) is 0 Å². The summed E-state index contributed by atoms with van der Waals surface area (Å²) in [4.78, 5) is 34.4. The Labute approximate surface area is 190 Å². The van der Waals surface area contributed by atoms with Gasteiger partial charge < -0.3 is 14.2 Å². The summed E-state index contributed by atoms with van der Waals surface area (Å²) in [6.07, 6.45) is 2.32. The summed E-state index contributed by atoms with van der Waals surface area (Å²) in [6.45, 7) is 4.11. The summed E-state index contributed by atoms with van der Waals surface area (Å²) in [5.41, 5.74) is -0.0310. The fourth-order valence-corrected chi connectivity index (χ4v) is 3.74. The molecule has 0 atom stereocenters. The molecule has 3 aromatic rings. The van der Waals surface area contributed by atoms with E-state index in [-0.39, 0.29) is 30.8 Å². The second-order valence-corrected chi connectivity index (χ2v) is 7.28. The van der Waals surface area contributed by atoms with Crippen LogP contribution in [0.1, 0.15) is 32.3 Å². The third-order valence-corrected chi connectivity index (χ3v) is 5.17. The van der Waals surface area contributed by atoms with Gasteiger partial charge in [0.2, 0.25) is 11.2 Å². The first-order valence-corrected chi connectivity index (χ1v) is 10.7. The van der Waals surface area contributed by atoms with E-state index in [1.165, 1.54) is 7.11 Å². The third-order valence-electron chi connectivity index (χ3n) is 5.00. The molecule has 0 aliphatic rings. The molecule has 0 bridgehead atoms. The van der Waals surface area contributed by atoms with Gasteiger partial charge in [-0.2, -0.15) is 10.1 Å². The van der Waals surface area contributed by atoms with Gasteiger partial charge in [0.05, 0.1) is 26.5 Å². The minimum atomic E-state index is -1.57. The number of halogens is 1. The maximum Gasteiger partial charge on any atom is 0.328 e. The van der Waals surface area contributed by atoms with Crippen molar-refractivity contribution in [2.75, 3.05) is 20.3 Å². The van der Waals surface area contributed by atoms with Crippen LogP contribution in [0.2, 0.25) is 5.28 Å². The van der Waals surface area contributed by atoms with Crippen LogP contribution in [0.15, 0.2) is 36.5 Å². The topological polar surface area (TPSA) is 105 Å². The van der Waals surface area contributed by atoms with Gasteiger partial charge in [-0.1, -0.05) is 30.3 Å². The van der Waals surface area contributed by atoms with Crippen molar-refractivity contribution in [3.63, 3.8) is 0 Å². The summed E-state index contributed by atoms with van der Waals surface area (Å²) in [5.74, 6) is -0.986. The van der Waals surface area contributed by atoms with Gasteiger partial charge in [0.15, 0.2) is 10.9 Å². The predicted molar refractivity (Wildman–Crippen MR) is 118 cm³/mol. The molecule has 0 amide bonds. The minimum absolute atomic E-state index is 0.0571. The molecule has 0 radical (unpaired) electrons. The van der Waals surface area contributed by atoms with Crippen molar-refractivity contribution in [2.24, 2.45) is 0 Å². The van der Waals surface area contributed by atoms with Crippen molar-refractivity contribution in [1.29, 1.82) is 0 Å². The molecular formula is C22H25ClN4O5. The summed E-state index contributed by atoms with van der Waals surface area (Å²) in [7, 11) is 1.48. The molecule has 9 nitrogen and oxygen atoms in total. The van der Waals surface area contributed by atoms with E-state index in [0.717, 1.165) is 0 Å². The molecular weight excluding hydrogens is 436 g/mol. The van der Waals surface area contributed by atoms with Gasteiger partial charge in [-0.05, 0) is 43.9 Å². The fraction of sp³-hybridized carbons (Fsp3) is 0.409. The number of rotatable bonds is 10. The Morgan fingerprint density at radius 3 is 2.31 bits per heavy atom. The molecule has 32 heavy (non-hydrogen) atoms.